The zero-order chi connectivity index (χ0) is 8.27. The summed E-state index contributed by atoms with van der Waals surface area (Å²) in [6, 6.07) is -0.232. The predicted molar refractivity (Wildman–Crippen MR) is 39.7 cm³/mol. The molecule has 1 rings (SSSR count). The fourth-order valence-corrected chi connectivity index (χ4v) is 1.20. The highest BCUT2D eigenvalue weighted by molar-refractivity contribution is 5.73. The van der Waals surface area contributed by atoms with Gasteiger partial charge in [-0.2, -0.15) is 0 Å². The molecule has 0 bridgehead atoms. The summed E-state index contributed by atoms with van der Waals surface area (Å²) in [4.78, 5) is 12.5. The molecule has 1 atom stereocenters. The first kappa shape index (κ1) is 8.29. The summed E-state index contributed by atoms with van der Waals surface area (Å²) in [5.41, 5.74) is 2.08. The monoisotopic (exact) mass is 159 g/mol. The van der Waals surface area contributed by atoms with Crippen LogP contribution in [0.4, 0.5) is 4.79 Å². The zero-order valence-corrected chi connectivity index (χ0v) is 6.54. The largest absolute Gasteiger partial charge is 0.380 e. The van der Waals surface area contributed by atoms with Crippen molar-refractivity contribution < 1.29 is 9.53 Å². The Morgan fingerprint density at radius 2 is 2.55 bits per heavy atom. The second-order valence-electron chi connectivity index (χ2n) is 2.54. The Morgan fingerprint density at radius 1 is 1.82 bits per heavy atom. The number of urea groups is 1. The van der Waals surface area contributed by atoms with E-state index in [1.807, 2.05) is 0 Å². The number of nitrogens with two attached hydrogens (primary N) is 1. The van der Waals surface area contributed by atoms with Crippen LogP contribution in [-0.2, 0) is 4.74 Å². The van der Waals surface area contributed by atoms with Crippen LogP contribution in [0.15, 0.2) is 0 Å². The Labute approximate surface area is 65.5 Å². The summed E-state index contributed by atoms with van der Waals surface area (Å²) < 4.78 is 5.07. The lowest BCUT2D eigenvalue weighted by Gasteiger charge is -2.14. The lowest BCUT2D eigenvalue weighted by atomic mass is 10.3. The van der Waals surface area contributed by atoms with Gasteiger partial charge in [0.2, 0.25) is 0 Å². The number of hydrogen-bond donors (Lipinski definition) is 2. The van der Waals surface area contributed by atoms with Gasteiger partial charge in [0.05, 0.1) is 6.10 Å². The Kier molecular flexibility index (Phi) is 2.67. The number of carbonyl (C=O) groups excluding carboxylic acids is 1. The van der Waals surface area contributed by atoms with Gasteiger partial charge in [0, 0.05) is 20.2 Å². The van der Waals surface area contributed by atoms with Crippen LogP contribution in [0.5, 0.6) is 0 Å². The van der Waals surface area contributed by atoms with Crippen LogP contribution < -0.4 is 11.3 Å². The number of carbonyl (C=O) groups is 1. The number of amides is 2. The van der Waals surface area contributed by atoms with Crippen LogP contribution in [-0.4, -0.2) is 37.2 Å². The normalized spacial score (nSPS) is 23.8. The third-order valence-electron chi connectivity index (χ3n) is 1.89. The molecule has 0 aliphatic carbocycles. The zero-order valence-electron chi connectivity index (χ0n) is 6.54. The molecule has 11 heavy (non-hydrogen) atoms. The SMILES string of the molecule is CO[C@@H]1CCN(C(=O)NN)C1. The Morgan fingerprint density at radius 3 is 3.00 bits per heavy atom. The van der Waals surface area contributed by atoms with E-state index in [2.05, 4.69) is 5.43 Å². The molecule has 0 saturated carbocycles. The highest BCUT2D eigenvalue weighted by Gasteiger charge is 2.24. The van der Waals surface area contributed by atoms with E-state index < -0.39 is 0 Å². The minimum atomic E-state index is -0.232. The summed E-state index contributed by atoms with van der Waals surface area (Å²) in [7, 11) is 1.65. The number of hydrazine groups is 1. The molecule has 2 amide bonds. The summed E-state index contributed by atoms with van der Waals surface area (Å²) >= 11 is 0. The molecule has 64 valence electrons. The number of nitrogens with zero attached hydrogens (tertiary/aromatic N) is 1. The Hall–Kier alpha value is -0.810. The van der Waals surface area contributed by atoms with E-state index in [1.165, 1.54) is 0 Å². The molecule has 0 aromatic heterocycles. The average molecular weight is 159 g/mol. The van der Waals surface area contributed by atoms with Crippen LogP contribution >= 0.6 is 0 Å². The van der Waals surface area contributed by atoms with Gasteiger partial charge in [-0.15, -0.1) is 0 Å². The molecule has 1 fully saturated rings. The van der Waals surface area contributed by atoms with Crippen LogP contribution in [0.25, 0.3) is 0 Å². The van der Waals surface area contributed by atoms with Crippen molar-refractivity contribution in [2.75, 3.05) is 20.2 Å². The number of likely N-dealkylation sites (tertiary alicyclic amines) is 1. The number of ether oxygens (including phenoxy) is 1. The number of hydrogen-bond acceptors (Lipinski definition) is 3. The fraction of sp³-hybridized carbons (Fsp3) is 0.833. The lowest BCUT2D eigenvalue weighted by Crippen LogP contribution is -2.42. The molecule has 0 aromatic carbocycles. The molecule has 0 unspecified atom stereocenters. The van der Waals surface area contributed by atoms with E-state index >= 15 is 0 Å². The predicted octanol–water partition coefficient (Wildman–Crippen LogP) is -0.710. The second kappa shape index (κ2) is 3.54. The molecule has 5 heteroatoms. The smallest absolute Gasteiger partial charge is 0.331 e. The van der Waals surface area contributed by atoms with Gasteiger partial charge in [0.25, 0.3) is 0 Å². The van der Waals surface area contributed by atoms with Gasteiger partial charge in [-0.05, 0) is 6.42 Å². The lowest BCUT2D eigenvalue weighted by molar-refractivity contribution is 0.110. The molecular weight excluding hydrogens is 146 g/mol. The highest BCUT2D eigenvalue weighted by Crippen LogP contribution is 2.10. The maximum Gasteiger partial charge on any atom is 0.331 e. The third-order valence-corrected chi connectivity index (χ3v) is 1.89. The van der Waals surface area contributed by atoms with E-state index in [0.717, 1.165) is 13.0 Å². The van der Waals surface area contributed by atoms with E-state index in [9.17, 15) is 4.79 Å². The van der Waals surface area contributed by atoms with Crippen LogP contribution in [0.2, 0.25) is 0 Å². The number of nitrogens with one attached hydrogen (secondary N) is 1. The quantitative estimate of drug-likeness (QED) is 0.302. The number of rotatable bonds is 1. The highest BCUT2D eigenvalue weighted by atomic mass is 16.5. The maximum absolute atomic E-state index is 10.9. The molecule has 3 N–H and O–H groups in total. The first-order valence-electron chi connectivity index (χ1n) is 3.56. The first-order chi connectivity index (χ1) is 5.27. The molecule has 1 saturated heterocycles. The standard InChI is InChI=1S/C6H13N3O2/c1-11-5-2-3-9(4-5)6(10)8-7/h5H,2-4,7H2,1H3,(H,8,10)/t5-/m1/s1. The van der Waals surface area contributed by atoms with Gasteiger partial charge in [-0.1, -0.05) is 0 Å². The van der Waals surface area contributed by atoms with Crippen molar-refractivity contribution in [2.24, 2.45) is 5.84 Å². The topological polar surface area (TPSA) is 67.6 Å². The second-order valence-corrected chi connectivity index (χ2v) is 2.54. The van der Waals surface area contributed by atoms with Gasteiger partial charge in [0.15, 0.2) is 0 Å². The van der Waals surface area contributed by atoms with Crippen molar-refractivity contribution in [2.45, 2.75) is 12.5 Å². The van der Waals surface area contributed by atoms with Gasteiger partial charge < -0.3 is 9.64 Å². The van der Waals surface area contributed by atoms with E-state index in [1.54, 1.807) is 12.0 Å². The van der Waals surface area contributed by atoms with E-state index in [4.69, 9.17) is 10.6 Å². The minimum Gasteiger partial charge on any atom is -0.380 e. The summed E-state index contributed by atoms with van der Waals surface area (Å²) in [5.74, 6) is 4.96. The van der Waals surface area contributed by atoms with Crippen LogP contribution in [0.3, 0.4) is 0 Å². The van der Waals surface area contributed by atoms with Crippen molar-refractivity contribution in [3.63, 3.8) is 0 Å². The molecule has 1 aliphatic rings. The Bertz CT molecular complexity index is 151. The molecular formula is C6H13N3O2. The summed E-state index contributed by atoms with van der Waals surface area (Å²) in [6.07, 6.45) is 1.07. The van der Waals surface area contributed by atoms with Crippen molar-refractivity contribution in [3.8, 4) is 0 Å². The van der Waals surface area contributed by atoms with Crippen molar-refractivity contribution in [1.82, 2.24) is 10.3 Å². The molecule has 5 nitrogen and oxygen atoms in total. The fourth-order valence-electron chi connectivity index (χ4n) is 1.20. The average Bonchev–Trinajstić information content (AvgIpc) is 2.50. The minimum absolute atomic E-state index is 0.173. The van der Waals surface area contributed by atoms with Crippen LogP contribution in [0.1, 0.15) is 6.42 Å². The molecule has 1 aliphatic heterocycles. The third kappa shape index (κ3) is 1.81. The van der Waals surface area contributed by atoms with Gasteiger partial charge in [-0.25, -0.2) is 10.6 Å². The van der Waals surface area contributed by atoms with Crippen LogP contribution in [0, 0.1) is 0 Å². The van der Waals surface area contributed by atoms with E-state index in [-0.39, 0.29) is 12.1 Å². The molecule has 0 spiro atoms. The van der Waals surface area contributed by atoms with Gasteiger partial charge in [0.1, 0.15) is 0 Å². The maximum atomic E-state index is 10.9. The molecule has 0 aromatic rings. The Balaban J connectivity index is 2.35. The van der Waals surface area contributed by atoms with Crippen molar-refractivity contribution in [3.05, 3.63) is 0 Å². The van der Waals surface area contributed by atoms with Gasteiger partial charge in [-0.3, -0.25) is 5.43 Å². The first-order valence-corrected chi connectivity index (χ1v) is 3.56. The molecule has 1 heterocycles. The number of methoxy groups -OCH3 is 1. The van der Waals surface area contributed by atoms with Crippen molar-refractivity contribution >= 4 is 6.03 Å². The van der Waals surface area contributed by atoms with E-state index in [0.29, 0.717) is 6.54 Å². The summed E-state index contributed by atoms with van der Waals surface area (Å²) in [5, 5.41) is 0. The summed E-state index contributed by atoms with van der Waals surface area (Å²) in [6.45, 7) is 1.36. The van der Waals surface area contributed by atoms with Crippen molar-refractivity contribution in [1.29, 1.82) is 0 Å². The molecule has 0 radical (unpaired) electrons. The van der Waals surface area contributed by atoms with Gasteiger partial charge >= 0.3 is 6.03 Å².